The van der Waals surface area contributed by atoms with E-state index in [0.717, 1.165) is 31.5 Å². The Labute approximate surface area is 210 Å². The number of aryl methyl sites for hydroxylation is 2. The SMILES string of the molecule is O=C(NCc1cncc(C(F)(F)F)c1)c1cn(CCCCn2cc(C(=O)NCC3CCCC3)nn2)nn1. The third-order valence-electron chi connectivity index (χ3n) is 6.17. The number of aromatic nitrogens is 7. The van der Waals surface area contributed by atoms with Gasteiger partial charge in [-0.05, 0) is 43.2 Å². The van der Waals surface area contributed by atoms with Crippen LogP contribution in [-0.2, 0) is 25.8 Å². The van der Waals surface area contributed by atoms with Gasteiger partial charge in [0.05, 0.1) is 18.0 Å². The number of carbonyl (C=O) groups is 2. The molecule has 0 atom stereocenters. The number of amides is 2. The quantitative estimate of drug-likeness (QED) is 0.372. The molecule has 198 valence electrons. The first-order valence-corrected chi connectivity index (χ1v) is 12.2. The topological polar surface area (TPSA) is 133 Å². The maximum absolute atomic E-state index is 12.8. The van der Waals surface area contributed by atoms with Gasteiger partial charge in [0.25, 0.3) is 11.8 Å². The molecule has 1 saturated carbocycles. The Hall–Kier alpha value is -3.84. The predicted molar refractivity (Wildman–Crippen MR) is 124 cm³/mol. The molecule has 11 nitrogen and oxygen atoms in total. The summed E-state index contributed by atoms with van der Waals surface area (Å²) in [6, 6.07) is 0.936. The van der Waals surface area contributed by atoms with Crippen molar-refractivity contribution in [2.45, 2.75) is 64.3 Å². The van der Waals surface area contributed by atoms with Crippen LogP contribution in [0, 0.1) is 5.92 Å². The van der Waals surface area contributed by atoms with Crippen molar-refractivity contribution >= 4 is 11.8 Å². The third-order valence-corrected chi connectivity index (χ3v) is 6.17. The maximum Gasteiger partial charge on any atom is 0.417 e. The Morgan fingerprint density at radius 3 is 2.11 bits per heavy atom. The van der Waals surface area contributed by atoms with E-state index in [4.69, 9.17) is 0 Å². The number of halogens is 3. The molecule has 2 N–H and O–H groups in total. The van der Waals surface area contributed by atoms with Crippen LogP contribution in [0.25, 0.3) is 0 Å². The Morgan fingerprint density at radius 1 is 0.919 bits per heavy atom. The van der Waals surface area contributed by atoms with Crippen molar-refractivity contribution < 1.29 is 22.8 Å². The summed E-state index contributed by atoms with van der Waals surface area (Å²) in [6.45, 7) is 1.62. The molecular formula is C23H28F3N9O2. The zero-order valence-electron chi connectivity index (χ0n) is 20.1. The summed E-state index contributed by atoms with van der Waals surface area (Å²) in [5, 5.41) is 21.1. The minimum Gasteiger partial charge on any atom is -0.350 e. The van der Waals surface area contributed by atoms with Gasteiger partial charge in [0.15, 0.2) is 11.4 Å². The van der Waals surface area contributed by atoms with Crippen LogP contribution in [0.15, 0.2) is 30.9 Å². The number of nitrogens with one attached hydrogen (secondary N) is 2. The van der Waals surface area contributed by atoms with Gasteiger partial charge in [-0.3, -0.25) is 23.9 Å². The molecule has 0 aliphatic heterocycles. The monoisotopic (exact) mass is 519 g/mol. The number of pyridine rings is 1. The molecule has 2 amide bonds. The summed E-state index contributed by atoms with van der Waals surface area (Å²) in [4.78, 5) is 28.1. The Balaban J connectivity index is 1.16. The summed E-state index contributed by atoms with van der Waals surface area (Å²) >= 11 is 0. The molecule has 0 radical (unpaired) electrons. The van der Waals surface area contributed by atoms with Crippen LogP contribution in [0.2, 0.25) is 0 Å². The van der Waals surface area contributed by atoms with E-state index in [0.29, 0.717) is 37.7 Å². The minimum absolute atomic E-state index is 0.0597. The number of hydrogen-bond donors (Lipinski definition) is 2. The molecule has 1 fully saturated rings. The van der Waals surface area contributed by atoms with Crippen molar-refractivity contribution in [3.8, 4) is 0 Å². The van der Waals surface area contributed by atoms with Crippen molar-refractivity contribution in [2.24, 2.45) is 5.92 Å². The fourth-order valence-corrected chi connectivity index (χ4v) is 4.13. The number of hydrogen-bond acceptors (Lipinski definition) is 7. The largest absolute Gasteiger partial charge is 0.417 e. The molecular weight excluding hydrogens is 491 g/mol. The van der Waals surface area contributed by atoms with Crippen molar-refractivity contribution in [1.82, 2.24) is 45.6 Å². The lowest BCUT2D eigenvalue weighted by atomic mass is 10.1. The van der Waals surface area contributed by atoms with Gasteiger partial charge in [0.2, 0.25) is 0 Å². The van der Waals surface area contributed by atoms with Gasteiger partial charge in [-0.25, -0.2) is 0 Å². The smallest absolute Gasteiger partial charge is 0.350 e. The number of unbranched alkanes of at least 4 members (excludes halogenated alkanes) is 1. The summed E-state index contributed by atoms with van der Waals surface area (Å²) in [7, 11) is 0. The highest BCUT2D eigenvalue weighted by molar-refractivity contribution is 5.92. The molecule has 1 aliphatic carbocycles. The number of alkyl halides is 3. The molecule has 0 spiro atoms. The first-order valence-electron chi connectivity index (χ1n) is 12.2. The van der Waals surface area contributed by atoms with Gasteiger partial charge in [0.1, 0.15) is 0 Å². The summed E-state index contributed by atoms with van der Waals surface area (Å²) in [5.41, 5.74) is -0.302. The molecule has 0 aromatic carbocycles. The molecule has 0 saturated heterocycles. The van der Waals surface area contributed by atoms with E-state index in [9.17, 15) is 22.8 Å². The summed E-state index contributed by atoms with van der Waals surface area (Å²) < 4.78 is 41.5. The highest BCUT2D eigenvalue weighted by atomic mass is 19.4. The predicted octanol–water partition coefficient (Wildman–Crippen LogP) is 2.61. The minimum atomic E-state index is -4.50. The van der Waals surface area contributed by atoms with E-state index in [1.54, 1.807) is 10.9 Å². The summed E-state index contributed by atoms with van der Waals surface area (Å²) in [5.74, 6) is -0.212. The first kappa shape index (κ1) is 26.2. The van der Waals surface area contributed by atoms with Crippen molar-refractivity contribution in [3.05, 3.63) is 53.4 Å². The lowest BCUT2D eigenvalue weighted by Gasteiger charge is -2.08. The molecule has 37 heavy (non-hydrogen) atoms. The van der Waals surface area contributed by atoms with Gasteiger partial charge in [0, 0.05) is 38.6 Å². The zero-order chi connectivity index (χ0) is 26.3. The zero-order valence-corrected chi connectivity index (χ0v) is 20.1. The van der Waals surface area contributed by atoms with Crippen LogP contribution in [0.4, 0.5) is 13.2 Å². The highest BCUT2D eigenvalue weighted by Gasteiger charge is 2.31. The van der Waals surface area contributed by atoms with E-state index in [2.05, 4.69) is 36.2 Å². The van der Waals surface area contributed by atoms with E-state index in [1.807, 2.05) is 0 Å². The van der Waals surface area contributed by atoms with Crippen LogP contribution in [0.5, 0.6) is 0 Å². The van der Waals surface area contributed by atoms with Crippen molar-refractivity contribution in [2.75, 3.05) is 6.54 Å². The maximum atomic E-state index is 12.8. The van der Waals surface area contributed by atoms with Gasteiger partial charge in [-0.1, -0.05) is 23.3 Å². The standard InChI is InChI=1S/C23H28F3N9O2/c24-23(25,26)18-9-17(10-27-13-18)12-29-22(37)20-15-35(33-31-20)8-4-3-7-34-14-19(30-32-34)21(36)28-11-16-5-1-2-6-16/h9-10,13-16H,1-8,11-12H2,(H,28,36)(H,29,37). The molecule has 14 heteroatoms. The molecule has 0 bridgehead atoms. The van der Waals surface area contributed by atoms with Gasteiger partial charge in [-0.2, -0.15) is 13.2 Å². The second kappa shape index (κ2) is 11.9. The van der Waals surface area contributed by atoms with Gasteiger partial charge in [-0.15, -0.1) is 10.2 Å². The number of rotatable bonds is 11. The normalized spacial score (nSPS) is 14.1. The molecule has 3 heterocycles. The van der Waals surface area contributed by atoms with Crippen LogP contribution in [-0.4, -0.2) is 53.3 Å². The second-order valence-electron chi connectivity index (χ2n) is 9.06. The second-order valence-corrected chi connectivity index (χ2v) is 9.06. The Morgan fingerprint density at radius 2 is 1.51 bits per heavy atom. The van der Waals surface area contributed by atoms with Crippen LogP contribution in [0.1, 0.15) is 70.6 Å². The molecule has 0 unspecified atom stereocenters. The molecule has 1 aliphatic rings. The van der Waals surface area contributed by atoms with Gasteiger partial charge < -0.3 is 10.6 Å². The third kappa shape index (κ3) is 7.57. The first-order chi connectivity index (χ1) is 17.8. The molecule has 4 rings (SSSR count). The van der Waals surface area contributed by atoms with Crippen LogP contribution < -0.4 is 10.6 Å². The lowest BCUT2D eigenvalue weighted by molar-refractivity contribution is -0.137. The average Bonchev–Trinajstić information content (AvgIpc) is 3.65. The summed E-state index contributed by atoms with van der Waals surface area (Å²) in [6.07, 6.45) is 6.78. The molecule has 3 aromatic rings. The van der Waals surface area contributed by atoms with Crippen LogP contribution in [0.3, 0.4) is 0 Å². The van der Waals surface area contributed by atoms with Gasteiger partial charge >= 0.3 is 6.18 Å². The van der Waals surface area contributed by atoms with E-state index >= 15 is 0 Å². The Kier molecular flexibility index (Phi) is 8.46. The highest BCUT2D eigenvalue weighted by Crippen LogP contribution is 2.28. The number of carbonyl (C=O) groups excluding carboxylic acids is 2. The van der Waals surface area contributed by atoms with Crippen LogP contribution >= 0.6 is 0 Å². The van der Waals surface area contributed by atoms with Crippen molar-refractivity contribution in [1.29, 1.82) is 0 Å². The Bertz CT molecular complexity index is 1200. The molecule has 3 aromatic heterocycles. The van der Waals surface area contributed by atoms with E-state index in [-0.39, 0.29) is 23.7 Å². The lowest BCUT2D eigenvalue weighted by Crippen LogP contribution is -2.28. The van der Waals surface area contributed by atoms with E-state index in [1.165, 1.54) is 29.9 Å². The average molecular weight is 520 g/mol. The fraction of sp³-hybridized carbons (Fsp3) is 0.522. The van der Waals surface area contributed by atoms with E-state index < -0.39 is 17.6 Å². The number of nitrogens with zero attached hydrogens (tertiary/aromatic N) is 7. The van der Waals surface area contributed by atoms with Crippen molar-refractivity contribution in [3.63, 3.8) is 0 Å². The fourth-order valence-electron chi connectivity index (χ4n) is 4.13.